The lowest BCUT2D eigenvalue weighted by atomic mass is 10.0. The van der Waals surface area contributed by atoms with E-state index in [2.05, 4.69) is 6.92 Å². The van der Waals surface area contributed by atoms with Gasteiger partial charge in [-0.2, -0.15) is 5.26 Å². The van der Waals surface area contributed by atoms with Crippen LogP contribution >= 0.6 is 0 Å². The third-order valence-electron chi connectivity index (χ3n) is 4.33. The molecular weight excluding hydrogens is 348 g/mol. The van der Waals surface area contributed by atoms with Gasteiger partial charge < -0.3 is 4.74 Å². The van der Waals surface area contributed by atoms with E-state index < -0.39 is 17.6 Å². The zero-order chi connectivity index (χ0) is 19.4. The third kappa shape index (κ3) is 3.95. The summed E-state index contributed by atoms with van der Waals surface area (Å²) in [7, 11) is 0. The second-order valence-electron chi connectivity index (χ2n) is 6.23. The number of fused-ring (bicyclic) bond motifs is 1. The van der Waals surface area contributed by atoms with Crippen molar-refractivity contribution in [2.75, 3.05) is 0 Å². The van der Waals surface area contributed by atoms with Crippen LogP contribution in [0.2, 0.25) is 0 Å². The van der Waals surface area contributed by atoms with Crippen molar-refractivity contribution in [3.63, 3.8) is 0 Å². The Morgan fingerprint density at radius 3 is 2.63 bits per heavy atom. The maximum Gasteiger partial charge on any atom is 0.346 e. The Kier molecular flexibility index (Phi) is 5.46. The molecule has 0 aromatic heterocycles. The smallest absolute Gasteiger partial charge is 0.346 e. The van der Waals surface area contributed by atoms with Crippen LogP contribution in [0, 0.1) is 23.0 Å². The van der Waals surface area contributed by atoms with Crippen molar-refractivity contribution < 1.29 is 18.3 Å². The van der Waals surface area contributed by atoms with Crippen LogP contribution in [0.25, 0.3) is 10.8 Å². The first-order valence-corrected chi connectivity index (χ1v) is 8.66. The maximum absolute atomic E-state index is 14.8. The van der Waals surface area contributed by atoms with E-state index in [0.29, 0.717) is 10.8 Å². The Morgan fingerprint density at radius 1 is 1.11 bits per heavy atom. The first kappa shape index (κ1) is 18.5. The summed E-state index contributed by atoms with van der Waals surface area (Å²) in [6.07, 6.45) is 3.05. The van der Waals surface area contributed by atoms with Gasteiger partial charge in [0.2, 0.25) is 0 Å². The molecule has 3 rings (SSSR count). The number of halogens is 2. The van der Waals surface area contributed by atoms with Crippen LogP contribution in [0.4, 0.5) is 8.78 Å². The normalized spacial score (nSPS) is 10.6. The molecule has 0 atom stereocenters. The summed E-state index contributed by atoms with van der Waals surface area (Å²) in [6, 6.07) is 13.6. The number of carbonyl (C=O) groups excluding carboxylic acids is 1. The number of benzene rings is 3. The highest BCUT2D eigenvalue weighted by Crippen LogP contribution is 2.25. The molecule has 0 radical (unpaired) electrons. The SMILES string of the molecule is CCCCc1ccc2c(F)c(C(=O)Oc3ccc(C#N)c(F)c3)ccc2c1. The topological polar surface area (TPSA) is 50.1 Å². The molecule has 136 valence electrons. The summed E-state index contributed by atoms with van der Waals surface area (Å²) in [5, 5.41) is 9.77. The second-order valence-corrected chi connectivity index (χ2v) is 6.23. The van der Waals surface area contributed by atoms with Gasteiger partial charge in [0.05, 0.1) is 11.1 Å². The van der Waals surface area contributed by atoms with Gasteiger partial charge in [0, 0.05) is 11.5 Å². The van der Waals surface area contributed by atoms with Crippen molar-refractivity contribution >= 4 is 16.7 Å². The number of nitrogens with zero attached hydrogens (tertiary/aromatic N) is 1. The van der Waals surface area contributed by atoms with Crippen LogP contribution in [0.3, 0.4) is 0 Å². The van der Waals surface area contributed by atoms with Crippen LogP contribution in [-0.2, 0) is 6.42 Å². The zero-order valence-corrected chi connectivity index (χ0v) is 14.8. The number of unbranched alkanes of at least 4 members (excludes halogenated alkanes) is 1. The maximum atomic E-state index is 14.8. The first-order valence-electron chi connectivity index (χ1n) is 8.66. The summed E-state index contributed by atoms with van der Waals surface area (Å²) in [5.74, 6) is -2.49. The minimum absolute atomic E-state index is 0.0917. The Labute approximate surface area is 155 Å². The molecule has 0 bridgehead atoms. The summed E-state index contributed by atoms with van der Waals surface area (Å²) >= 11 is 0. The van der Waals surface area contributed by atoms with Gasteiger partial charge in [-0.25, -0.2) is 13.6 Å². The fraction of sp³-hybridized carbons (Fsp3) is 0.182. The molecule has 0 amide bonds. The monoisotopic (exact) mass is 365 g/mol. The van der Waals surface area contributed by atoms with Gasteiger partial charge in [-0.1, -0.05) is 37.6 Å². The van der Waals surface area contributed by atoms with Gasteiger partial charge in [-0.3, -0.25) is 0 Å². The molecule has 0 spiro atoms. The minimum atomic E-state index is -0.923. The quantitative estimate of drug-likeness (QED) is 0.440. The standard InChI is InChI=1S/C22H17F2NO2/c1-2-3-4-14-5-9-18-15(11-14)7-10-19(21(18)24)22(26)27-17-8-6-16(13-25)20(23)12-17/h5-12H,2-4H2,1H3. The molecule has 0 saturated heterocycles. The van der Waals surface area contributed by atoms with Crippen LogP contribution in [-0.4, -0.2) is 5.97 Å². The van der Waals surface area contributed by atoms with Gasteiger partial charge in [-0.05, 0) is 42.0 Å². The number of aryl methyl sites for hydroxylation is 1. The van der Waals surface area contributed by atoms with Crippen molar-refractivity contribution in [2.45, 2.75) is 26.2 Å². The molecule has 0 heterocycles. The van der Waals surface area contributed by atoms with Gasteiger partial charge in [0.1, 0.15) is 23.5 Å². The largest absolute Gasteiger partial charge is 0.423 e. The number of esters is 1. The molecule has 0 aliphatic rings. The second kappa shape index (κ2) is 7.96. The Hall–Kier alpha value is -3.26. The lowest BCUT2D eigenvalue weighted by Crippen LogP contribution is -2.11. The van der Waals surface area contributed by atoms with Crippen molar-refractivity contribution in [3.05, 3.63) is 76.9 Å². The number of rotatable bonds is 5. The molecular formula is C22H17F2NO2. The Morgan fingerprint density at radius 2 is 1.93 bits per heavy atom. The van der Waals surface area contributed by atoms with E-state index in [4.69, 9.17) is 10.00 Å². The van der Waals surface area contributed by atoms with E-state index in [9.17, 15) is 13.6 Å². The molecule has 0 aliphatic carbocycles. The van der Waals surface area contributed by atoms with E-state index >= 15 is 0 Å². The van der Waals surface area contributed by atoms with Crippen LogP contribution in [0.5, 0.6) is 5.75 Å². The highest BCUT2D eigenvalue weighted by Gasteiger charge is 2.17. The predicted molar refractivity (Wildman–Crippen MR) is 98.6 cm³/mol. The summed E-state index contributed by atoms with van der Waals surface area (Å²) in [4.78, 5) is 12.3. The number of ether oxygens (including phenoxy) is 1. The highest BCUT2D eigenvalue weighted by molar-refractivity contribution is 5.97. The van der Waals surface area contributed by atoms with E-state index in [1.165, 1.54) is 18.2 Å². The van der Waals surface area contributed by atoms with Gasteiger partial charge >= 0.3 is 5.97 Å². The van der Waals surface area contributed by atoms with Crippen LogP contribution in [0.1, 0.15) is 41.3 Å². The van der Waals surface area contributed by atoms with Crippen LogP contribution < -0.4 is 4.74 Å². The molecule has 0 N–H and O–H groups in total. The van der Waals surface area contributed by atoms with Crippen LogP contribution in [0.15, 0.2) is 48.5 Å². The molecule has 0 unspecified atom stereocenters. The zero-order valence-electron chi connectivity index (χ0n) is 14.8. The van der Waals surface area contributed by atoms with Gasteiger partial charge in [0.15, 0.2) is 0 Å². The Bertz CT molecular complexity index is 1050. The lowest BCUT2D eigenvalue weighted by molar-refractivity contribution is 0.0730. The Balaban J connectivity index is 1.87. The summed E-state index contributed by atoms with van der Waals surface area (Å²) in [6.45, 7) is 2.11. The van der Waals surface area contributed by atoms with E-state index in [1.807, 2.05) is 12.1 Å². The van der Waals surface area contributed by atoms with Crippen molar-refractivity contribution in [2.24, 2.45) is 0 Å². The fourth-order valence-electron chi connectivity index (χ4n) is 2.85. The number of carbonyl (C=O) groups is 1. The molecule has 5 heteroatoms. The van der Waals surface area contributed by atoms with E-state index in [0.717, 1.165) is 30.9 Å². The van der Waals surface area contributed by atoms with Gasteiger partial charge in [-0.15, -0.1) is 0 Å². The number of nitriles is 1. The van der Waals surface area contributed by atoms with E-state index in [-0.39, 0.29) is 16.9 Å². The highest BCUT2D eigenvalue weighted by atomic mass is 19.1. The molecule has 0 aliphatic heterocycles. The van der Waals surface area contributed by atoms with Crippen molar-refractivity contribution in [1.82, 2.24) is 0 Å². The average Bonchev–Trinajstić information content (AvgIpc) is 2.66. The first-order chi connectivity index (χ1) is 13.0. The molecule has 0 fully saturated rings. The fourth-order valence-corrected chi connectivity index (χ4v) is 2.85. The molecule has 27 heavy (non-hydrogen) atoms. The van der Waals surface area contributed by atoms with Crippen molar-refractivity contribution in [3.8, 4) is 11.8 Å². The third-order valence-corrected chi connectivity index (χ3v) is 4.33. The van der Waals surface area contributed by atoms with Crippen molar-refractivity contribution in [1.29, 1.82) is 5.26 Å². The number of hydrogen-bond acceptors (Lipinski definition) is 3. The number of hydrogen-bond donors (Lipinski definition) is 0. The molecule has 0 saturated carbocycles. The molecule has 3 nitrogen and oxygen atoms in total. The van der Waals surface area contributed by atoms with Gasteiger partial charge in [0.25, 0.3) is 0 Å². The summed E-state index contributed by atoms with van der Waals surface area (Å²) < 4.78 is 33.5. The summed E-state index contributed by atoms with van der Waals surface area (Å²) in [5.41, 5.74) is 0.728. The minimum Gasteiger partial charge on any atom is -0.423 e. The lowest BCUT2D eigenvalue weighted by Gasteiger charge is -2.09. The van der Waals surface area contributed by atoms with E-state index in [1.54, 1.807) is 18.2 Å². The molecule has 3 aromatic rings. The predicted octanol–water partition coefficient (Wildman–Crippen LogP) is 5.55. The average molecular weight is 365 g/mol. The molecule has 3 aromatic carbocycles.